The van der Waals surface area contributed by atoms with Crippen LogP contribution in [0.2, 0.25) is 0 Å². The summed E-state index contributed by atoms with van der Waals surface area (Å²) in [6, 6.07) is 0. The van der Waals surface area contributed by atoms with Gasteiger partial charge in [0.25, 0.3) is 0 Å². The van der Waals surface area contributed by atoms with Crippen LogP contribution in [0.15, 0.2) is 0 Å². The normalized spacial score (nSPS) is 15.1. The average Bonchev–Trinajstić information content (AvgIpc) is 2.09. The Morgan fingerprint density at radius 2 is 1.79 bits per heavy atom. The largest absolute Gasteiger partial charge is 0.481 e. The number of aliphatic carboxylic acids is 1. The van der Waals surface area contributed by atoms with Crippen molar-refractivity contribution < 1.29 is 15.0 Å². The Hall–Kier alpha value is -0.570. The standard InChI is InChI=1S/C11H22O3/c1-3-6-10(11(13)14)8-5-4-7-9(2)12/h9-10,12H,3-8H2,1-2H3,(H,13,14)/t9-,10-/m1/s1. The maximum Gasteiger partial charge on any atom is 0.306 e. The zero-order valence-electron chi connectivity index (χ0n) is 9.20. The number of aliphatic hydroxyl groups is 1. The molecule has 0 heterocycles. The van der Waals surface area contributed by atoms with E-state index in [1.54, 1.807) is 6.92 Å². The topological polar surface area (TPSA) is 57.5 Å². The molecule has 2 atom stereocenters. The summed E-state index contributed by atoms with van der Waals surface area (Å²) in [5.74, 6) is -0.863. The van der Waals surface area contributed by atoms with Crippen molar-refractivity contribution in [1.29, 1.82) is 0 Å². The van der Waals surface area contributed by atoms with E-state index < -0.39 is 5.97 Å². The van der Waals surface area contributed by atoms with Crippen LogP contribution in [0.4, 0.5) is 0 Å². The summed E-state index contributed by atoms with van der Waals surface area (Å²) in [6.07, 6.45) is 4.78. The first-order valence-corrected chi connectivity index (χ1v) is 5.48. The average molecular weight is 202 g/mol. The fourth-order valence-electron chi connectivity index (χ4n) is 1.57. The predicted octanol–water partition coefficient (Wildman–Crippen LogP) is 2.43. The summed E-state index contributed by atoms with van der Waals surface area (Å²) in [5.41, 5.74) is 0. The molecule has 0 amide bonds. The fourth-order valence-corrected chi connectivity index (χ4v) is 1.57. The van der Waals surface area contributed by atoms with Gasteiger partial charge < -0.3 is 10.2 Å². The molecule has 3 heteroatoms. The van der Waals surface area contributed by atoms with Crippen LogP contribution in [0.25, 0.3) is 0 Å². The number of rotatable bonds is 8. The van der Waals surface area contributed by atoms with Gasteiger partial charge in [0.2, 0.25) is 0 Å². The first-order chi connectivity index (χ1) is 6.57. The molecule has 0 fully saturated rings. The number of aliphatic hydroxyl groups excluding tert-OH is 1. The third-order valence-electron chi connectivity index (χ3n) is 2.41. The third-order valence-corrected chi connectivity index (χ3v) is 2.41. The Labute approximate surface area is 86.1 Å². The van der Waals surface area contributed by atoms with Crippen LogP contribution in [0.1, 0.15) is 52.4 Å². The van der Waals surface area contributed by atoms with E-state index in [9.17, 15) is 4.79 Å². The molecule has 0 bridgehead atoms. The Bertz CT molecular complexity index is 155. The highest BCUT2D eigenvalue weighted by atomic mass is 16.4. The summed E-state index contributed by atoms with van der Waals surface area (Å²) in [6.45, 7) is 3.77. The van der Waals surface area contributed by atoms with Crippen molar-refractivity contribution in [2.75, 3.05) is 0 Å². The molecule has 0 aromatic heterocycles. The van der Waals surface area contributed by atoms with Gasteiger partial charge in [-0.2, -0.15) is 0 Å². The van der Waals surface area contributed by atoms with E-state index in [2.05, 4.69) is 0 Å². The number of unbranched alkanes of at least 4 members (excludes halogenated alkanes) is 1. The quantitative estimate of drug-likeness (QED) is 0.594. The van der Waals surface area contributed by atoms with Crippen molar-refractivity contribution in [3.05, 3.63) is 0 Å². The van der Waals surface area contributed by atoms with Gasteiger partial charge >= 0.3 is 5.97 Å². The highest BCUT2D eigenvalue weighted by Crippen LogP contribution is 2.16. The third kappa shape index (κ3) is 6.89. The lowest BCUT2D eigenvalue weighted by atomic mass is 9.96. The molecular weight excluding hydrogens is 180 g/mol. The van der Waals surface area contributed by atoms with Crippen molar-refractivity contribution in [2.45, 2.75) is 58.5 Å². The van der Waals surface area contributed by atoms with Gasteiger partial charge in [-0.15, -0.1) is 0 Å². The fraction of sp³-hybridized carbons (Fsp3) is 0.909. The first-order valence-electron chi connectivity index (χ1n) is 5.48. The lowest BCUT2D eigenvalue weighted by Gasteiger charge is -2.10. The zero-order valence-corrected chi connectivity index (χ0v) is 9.20. The molecule has 84 valence electrons. The van der Waals surface area contributed by atoms with Crippen LogP contribution < -0.4 is 0 Å². The number of carboxylic acids is 1. The van der Waals surface area contributed by atoms with Crippen molar-refractivity contribution in [3.63, 3.8) is 0 Å². The molecule has 0 unspecified atom stereocenters. The Kier molecular flexibility index (Phi) is 7.48. The van der Waals surface area contributed by atoms with Crippen molar-refractivity contribution in [3.8, 4) is 0 Å². The van der Waals surface area contributed by atoms with Crippen molar-refractivity contribution in [1.82, 2.24) is 0 Å². The maximum absolute atomic E-state index is 10.8. The minimum Gasteiger partial charge on any atom is -0.481 e. The second kappa shape index (κ2) is 7.80. The highest BCUT2D eigenvalue weighted by molar-refractivity contribution is 5.69. The lowest BCUT2D eigenvalue weighted by molar-refractivity contribution is -0.142. The van der Waals surface area contributed by atoms with E-state index in [1.165, 1.54) is 0 Å². The molecule has 0 aliphatic carbocycles. The van der Waals surface area contributed by atoms with Gasteiger partial charge in [0, 0.05) is 0 Å². The summed E-state index contributed by atoms with van der Waals surface area (Å²) in [4.78, 5) is 10.8. The SMILES string of the molecule is CCC[C@H](CCCC[C@@H](C)O)C(=O)O. The number of carbonyl (C=O) groups is 1. The highest BCUT2D eigenvalue weighted by Gasteiger charge is 2.15. The number of hydrogen-bond donors (Lipinski definition) is 2. The molecule has 0 saturated heterocycles. The molecule has 0 aromatic carbocycles. The zero-order chi connectivity index (χ0) is 11.0. The van der Waals surface area contributed by atoms with E-state index in [-0.39, 0.29) is 12.0 Å². The Balaban J connectivity index is 3.56. The van der Waals surface area contributed by atoms with Crippen LogP contribution in [0, 0.1) is 5.92 Å². The molecule has 0 aromatic rings. The summed E-state index contributed by atoms with van der Waals surface area (Å²) in [5, 5.41) is 17.9. The van der Waals surface area contributed by atoms with E-state index in [0.717, 1.165) is 38.5 Å². The second-order valence-corrected chi connectivity index (χ2v) is 3.96. The van der Waals surface area contributed by atoms with Crippen molar-refractivity contribution >= 4 is 5.97 Å². The minimum absolute atomic E-state index is 0.186. The van der Waals surface area contributed by atoms with Crippen molar-refractivity contribution in [2.24, 2.45) is 5.92 Å². The van der Waals surface area contributed by atoms with Gasteiger partial charge in [-0.3, -0.25) is 4.79 Å². The number of carboxylic acid groups (broad SMARTS) is 1. The van der Waals surface area contributed by atoms with E-state index in [1.807, 2.05) is 6.92 Å². The molecule has 3 nitrogen and oxygen atoms in total. The smallest absolute Gasteiger partial charge is 0.306 e. The van der Waals surface area contributed by atoms with Crippen LogP contribution in [-0.2, 0) is 4.79 Å². The van der Waals surface area contributed by atoms with Gasteiger partial charge in [-0.1, -0.05) is 26.2 Å². The molecule has 0 aliphatic rings. The Morgan fingerprint density at radius 1 is 1.21 bits per heavy atom. The Morgan fingerprint density at radius 3 is 2.21 bits per heavy atom. The molecule has 2 N–H and O–H groups in total. The van der Waals surface area contributed by atoms with Crippen LogP contribution in [-0.4, -0.2) is 22.3 Å². The van der Waals surface area contributed by atoms with Gasteiger partial charge in [0.15, 0.2) is 0 Å². The van der Waals surface area contributed by atoms with Gasteiger partial charge in [0.05, 0.1) is 12.0 Å². The molecule has 0 spiro atoms. The van der Waals surface area contributed by atoms with E-state index >= 15 is 0 Å². The summed E-state index contributed by atoms with van der Waals surface area (Å²) in [7, 11) is 0. The second-order valence-electron chi connectivity index (χ2n) is 3.96. The van der Waals surface area contributed by atoms with Gasteiger partial charge in [-0.05, 0) is 26.2 Å². The summed E-state index contributed by atoms with van der Waals surface area (Å²) < 4.78 is 0. The van der Waals surface area contributed by atoms with Gasteiger partial charge in [0.1, 0.15) is 0 Å². The van der Waals surface area contributed by atoms with Crippen LogP contribution in [0.3, 0.4) is 0 Å². The number of hydrogen-bond acceptors (Lipinski definition) is 2. The van der Waals surface area contributed by atoms with Crippen LogP contribution >= 0.6 is 0 Å². The minimum atomic E-state index is -0.677. The molecule has 0 aliphatic heterocycles. The van der Waals surface area contributed by atoms with E-state index in [0.29, 0.717) is 0 Å². The molecule has 14 heavy (non-hydrogen) atoms. The predicted molar refractivity (Wildman–Crippen MR) is 56.2 cm³/mol. The molecule has 0 rings (SSSR count). The maximum atomic E-state index is 10.8. The monoisotopic (exact) mass is 202 g/mol. The van der Waals surface area contributed by atoms with Gasteiger partial charge in [-0.25, -0.2) is 0 Å². The van der Waals surface area contributed by atoms with E-state index in [4.69, 9.17) is 10.2 Å². The molecule has 0 saturated carbocycles. The molecular formula is C11H22O3. The van der Waals surface area contributed by atoms with Crippen LogP contribution in [0.5, 0.6) is 0 Å². The summed E-state index contributed by atoms with van der Waals surface area (Å²) >= 11 is 0. The molecule has 0 radical (unpaired) electrons. The lowest BCUT2D eigenvalue weighted by Crippen LogP contribution is -2.13. The first kappa shape index (κ1) is 13.4.